The molecule has 1 aromatic rings. The van der Waals surface area contributed by atoms with Crippen LogP contribution in [0.4, 0.5) is 16.3 Å². The summed E-state index contributed by atoms with van der Waals surface area (Å²) in [5, 5.41) is 11.7. The number of urea groups is 1. The zero-order valence-electron chi connectivity index (χ0n) is 12.5. The number of aromatic nitrogens is 1. The van der Waals surface area contributed by atoms with Crippen molar-refractivity contribution in [2.75, 3.05) is 37.4 Å². The Balaban J connectivity index is 1.98. The average molecular weight is 371 g/mol. The summed E-state index contributed by atoms with van der Waals surface area (Å²) in [4.78, 5) is 30.8. The highest BCUT2D eigenvalue weighted by Gasteiger charge is 2.27. The van der Waals surface area contributed by atoms with E-state index in [-0.39, 0.29) is 11.9 Å². The third-order valence-corrected chi connectivity index (χ3v) is 4.29. The van der Waals surface area contributed by atoms with E-state index in [1.54, 1.807) is 17.2 Å². The minimum absolute atomic E-state index is 0.247. The van der Waals surface area contributed by atoms with Crippen LogP contribution < -0.4 is 10.2 Å². The Morgan fingerprint density at radius 1 is 1.41 bits per heavy atom. The number of hydrogen-bond acceptors (Lipinski definition) is 4. The number of hydrogen-bond donors (Lipinski definition) is 2. The molecule has 1 aromatic heterocycles. The summed E-state index contributed by atoms with van der Waals surface area (Å²) >= 11 is 3.41. The molecule has 120 valence electrons. The van der Waals surface area contributed by atoms with Gasteiger partial charge in [-0.2, -0.15) is 0 Å². The van der Waals surface area contributed by atoms with E-state index < -0.39 is 5.97 Å². The standard InChI is InChI=1S/C14H19BrN4O3/c1-18(2)11-7-12(16-8-10(11)15)17-14(22)19-5-3-9(4-6-19)13(20)21/h7-9H,3-6H2,1-2H3,(H,20,21)(H,16,17,22). The number of carboxylic acids is 1. The maximum Gasteiger partial charge on any atom is 0.323 e. The largest absolute Gasteiger partial charge is 0.481 e. The van der Waals surface area contributed by atoms with Gasteiger partial charge in [-0.1, -0.05) is 0 Å². The molecule has 0 saturated carbocycles. The fourth-order valence-electron chi connectivity index (χ4n) is 2.36. The summed E-state index contributed by atoms with van der Waals surface area (Å²) in [6, 6.07) is 1.54. The molecule has 22 heavy (non-hydrogen) atoms. The second-order valence-electron chi connectivity index (χ2n) is 5.45. The molecule has 1 aliphatic rings. The zero-order valence-corrected chi connectivity index (χ0v) is 14.1. The second-order valence-corrected chi connectivity index (χ2v) is 6.30. The molecule has 2 heterocycles. The van der Waals surface area contributed by atoms with Crippen molar-refractivity contribution >= 4 is 39.4 Å². The molecular weight excluding hydrogens is 352 g/mol. The molecule has 2 rings (SSSR count). The van der Waals surface area contributed by atoms with Gasteiger partial charge < -0.3 is 14.9 Å². The van der Waals surface area contributed by atoms with Gasteiger partial charge in [0.15, 0.2) is 0 Å². The van der Waals surface area contributed by atoms with Crippen molar-refractivity contribution in [2.45, 2.75) is 12.8 Å². The van der Waals surface area contributed by atoms with Gasteiger partial charge in [-0.25, -0.2) is 9.78 Å². The number of piperidine rings is 1. The van der Waals surface area contributed by atoms with E-state index in [1.807, 2.05) is 19.0 Å². The minimum atomic E-state index is -0.787. The number of nitrogens with one attached hydrogen (secondary N) is 1. The van der Waals surface area contributed by atoms with Crippen molar-refractivity contribution in [3.63, 3.8) is 0 Å². The van der Waals surface area contributed by atoms with Crippen LogP contribution in [0.15, 0.2) is 16.7 Å². The van der Waals surface area contributed by atoms with Crippen LogP contribution in [-0.4, -0.2) is 54.2 Å². The smallest absolute Gasteiger partial charge is 0.323 e. The number of nitrogens with zero attached hydrogens (tertiary/aromatic N) is 3. The van der Waals surface area contributed by atoms with Gasteiger partial charge in [0, 0.05) is 39.4 Å². The molecule has 0 radical (unpaired) electrons. The molecule has 2 N–H and O–H groups in total. The van der Waals surface area contributed by atoms with Crippen LogP contribution in [0.2, 0.25) is 0 Å². The first-order valence-electron chi connectivity index (χ1n) is 7.00. The van der Waals surface area contributed by atoms with Gasteiger partial charge in [-0.05, 0) is 28.8 Å². The van der Waals surface area contributed by atoms with Crippen molar-refractivity contribution in [3.8, 4) is 0 Å². The van der Waals surface area contributed by atoms with Gasteiger partial charge in [0.2, 0.25) is 0 Å². The molecule has 0 atom stereocenters. The van der Waals surface area contributed by atoms with Crippen molar-refractivity contribution in [3.05, 3.63) is 16.7 Å². The number of anilines is 2. The Hall–Kier alpha value is -1.83. The maximum atomic E-state index is 12.2. The molecule has 2 amide bonds. The molecule has 0 aliphatic carbocycles. The van der Waals surface area contributed by atoms with Crippen molar-refractivity contribution in [1.29, 1.82) is 0 Å². The Bertz CT molecular complexity index is 571. The Morgan fingerprint density at radius 2 is 2.05 bits per heavy atom. The number of rotatable bonds is 3. The van der Waals surface area contributed by atoms with Crippen molar-refractivity contribution < 1.29 is 14.7 Å². The van der Waals surface area contributed by atoms with Crippen LogP contribution in [0.1, 0.15) is 12.8 Å². The van der Waals surface area contributed by atoms with E-state index in [2.05, 4.69) is 26.2 Å². The van der Waals surface area contributed by atoms with E-state index in [0.717, 1.165) is 10.2 Å². The monoisotopic (exact) mass is 370 g/mol. The third kappa shape index (κ3) is 3.88. The first-order chi connectivity index (χ1) is 10.4. The first-order valence-corrected chi connectivity index (χ1v) is 7.79. The van der Waals surface area contributed by atoms with Crippen LogP contribution in [0.3, 0.4) is 0 Å². The Morgan fingerprint density at radius 3 is 2.59 bits per heavy atom. The number of carboxylic acid groups (broad SMARTS) is 1. The van der Waals surface area contributed by atoms with Crippen LogP contribution >= 0.6 is 15.9 Å². The fraction of sp³-hybridized carbons (Fsp3) is 0.500. The van der Waals surface area contributed by atoms with Crippen molar-refractivity contribution in [2.24, 2.45) is 5.92 Å². The molecule has 0 unspecified atom stereocenters. The van der Waals surface area contributed by atoms with Crippen molar-refractivity contribution in [1.82, 2.24) is 9.88 Å². The number of aliphatic carboxylic acids is 1. The summed E-state index contributed by atoms with van der Waals surface area (Å²) in [5.41, 5.74) is 0.912. The van der Waals surface area contributed by atoms with Gasteiger partial charge >= 0.3 is 12.0 Å². The van der Waals surface area contributed by atoms with Gasteiger partial charge in [0.1, 0.15) is 5.82 Å². The van der Waals surface area contributed by atoms with Crippen LogP contribution in [0, 0.1) is 5.92 Å². The molecule has 1 saturated heterocycles. The van der Waals surface area contributed by atoms with Crippen LogP contribution in [-0.2, 0) is 4.79 Å². The Kier molecular flexibility index (Phi) is 5.23. The number of likely N-dealkylation sites (tertiary alicyclic amines) is 1. The van der Waals surface area contributed by atoms with Gasteiger partial charge in [0.25, 0.3) is 0 Å². The maximum absolute atomic E-state index is 12.2. The lowest BCUT2D eigenvalue weighted by Crippen LogP contribution is -2.42. The number of carbonyl (C=O) groups excluding carboxylic acids is 1. The lowest BCUT2D eigenvalue weighted by atomic mass is 9.97. The van der Waals surface area contributed by atoms with Crippen LogP contribution in [0.25, 0.3) is 0 Å². The molecule has 7 nitrogen and oxygen atoms in total. The topological polar surface area (TPSA) is 85.8 Å². The number of halogens is 1. The van der Waals surface area contributed by atoms with E-state index in [4.69, 9.17) is 5.11 Å². The van der Waals surface area contributed by atoms with Gasteiger partial charge in [0.05, 0.1) is 16.1 Å². The van der Waals surface area contributed by atoms with Crippen LogP contribution in [0.5, 0.6) is 0 Å². The summed E-state index contributed by atoms with van der Waals surface area (Å²) in [6.45, 7) is 0.889. The normalized spacial score (nSPS) is 15.5. The minimum Gasteiger partial charge on any atom is -0.481 e. The average Bonchev–Trinajstić information content (AvgIpc) is 2.49. The Labute approximate surface area is 137 Å². The van der Waals surface area contributed by atoms with Gasteiger partial charge in [-0.15, -0.1) is 0 Å². The lowest BCUT2D eigenvalue weighted by molar-refractivity contribution is -0.143. The highest BCUT2D eigenvalue weighted by atomic mass is 79.9. The second kappa shape index (κ2) is 6.95. The molecule has 8 heteroatoms. The number of carbonyl (C=O) groups is 2. The lowest BCUT2D eigenvalue weighted by Gasteiger charge is -2.30. The van der Waals surface area contributed by atoms with Gasteiger partial charge in [-0.3, -0.25) is 10.1 Å². The fourth-order valence-corrected chi connectivity index (χ4v) is 2.93. The zero-order chi connectivity index (χ0) is 16.3. The molecule has 0 bridgehead atoms. The third-order valence-electron chi connectivity index (χ3n) is 3.68. The predicted molar refractivity (Wildman–Crippen MR) is 87.2 cm³/mol. The van der Waals surface area contributed by atoms with E-state index in [0.29, 0.717) is 31.7 Å². The molecule has 1 aliphatic heterocycles. The quantitative estimate of drug-likeness (QED) is 0.851. The number of amides is 2. The summed E-state index contributed by atoms with van der Waals surface area (Å²) < 4.78 is 0.845. The molecular formula is C14H19BrN4O3. The highest BCUT2D eigenvalue weighted by molar-refractivity contribution is 9.10. The summed E-state index contributed by atoms with van der Waals surface area (Å²) in [5.74, 6) is -0.669. The summed E-state index contributed by atoms with van der Waals surface area (Å²) in [6.07, 6.45) is 2.61. The van der Waals surface area contributed by atoms with E-state index in [9.17, 15) is 9.59 Å². The number of pyridine rings is 1. The summed E-state index contributed by atoms with van der Waals surface area (Å²) in [7, 11) is 3.81. The first kappa shape index (κ1) is 16.5. The van der Waals surface area contributed by atoms with E-state index >= 15 is 0 Å². The molecule has 1 fully saturated rings. The SMILES string of the molecule is CN(C)c1cc(NC(=O)N2CCC(C(=O)O)CC2)ncc1Br. The molecule has 0 aromatic carbocycles. The predicted octanol–water partition coefficient (Wildman–Crippen LogP) is 2.24. The van der Waals surface area contributed by atoms with E-state index in [1.165, 1.54) is 0 Å². The highest BCUT2D eigenvalue weighted by Crippen LogP contribution is 2.26. The molecule has 0 spiro atoms.